The molecule has 2 nitrogen and oxygen atoms in total. The van der Waals surface area contributed by atoms with Gasteiger partial charge in [-0.25, -0.2) is 0 Å². The van der Waals surface area contributed by atoms with Gasteiger partial charge in [0.1, 0.15) is 0 Å². The van der Waals surface area contributed by atoms with Crippen LogP contribution in [0.1, 0.15) is 37.7 Å². The van der Waals surface area contributed by atoms with Crippen molar-refractivity contribution >= 4 is 27.3 Å². The molecule has 0 amide bonds. The van der Waals surface area contributed by atoms with Crippen molar-refractivity contribution in [1.82, 2.24) is 0 Å². The number of aliphatic hydroxyl groups is 1. The Hall–Kier alpha value is 0.1000. The third kappa shape index (κ3) is 4.23. The van der Waals surface area contributed by atoms with Gasteiger partial charge in [-0.3, -0.25) is 0 Å². The molecule has 0 aliphatic rings. The van der Waals surface area contributed by atoms with Crippen LogP contribution in [0.3, 0.4) is 0 Å². The lowest BCUT2D eigenvalue weighted by Crippen LogP contribution is -2.22. The number of hydrogen-bond acceptors (Lipinski definition) is 3. The van der Waals surface area contributed by atoms with E-state index in [1.54, 1.807) is 18.4 Å². The lowest BCUT2D eigenvalue weighted by Gasteiger charge is -2.23. The number of methoxy groups -OCH3 is 1. The highest BCUT2D eigenvalue weighted by molar-refractivity contribution is 9.11. The summed E-state index contributed by atoms with van der Waals surface area (Å²) in [6.45, 7) is 4.06. The Morgan fingerprint density at radius 2 is 2.20 bits per heavy atom. The Bertz CT molecular complexity index is 309. The van der Waals surface area contributed by atoms with E-state index in [1.807, 2.05) is 26.0 Å². The van der Waals surface area contributed by atoms with Gasteiger partial charge in [0.25, 0.3) is 0 Å². The first-order valence-electron chi connectivity index (χ1n) is 4.93. The molecule has 0 saturated carbocycles. The smallest absolute Gasteiger partial charge is 0.0883 e. The molecule has 1 unspecified atom stereocenters. The summed E-state index contributed by atoms with van der Waals surface area (Å²) in [7, 11) is 1.70. The Labute approximate surface area is 103 Å². The normalized spacial score (nSPS) is 14.2. The predicted molar refractivity (Wildman–Crippen MR) is 67.3 cm³/mol. The topological polar surface area (TPSA) is 29.5 Å². The van der Waals surface area contributed by atoms with Gasteiger partial charge in [-0.2, -0.15) is 0 Å². The lowest BCUT2D eigenvalue weighted by atomic mass is 9.99. The van der Waals surface area contributed by atoms with Crippen LogP contribution in [-0.4, -0.2) is 17.8 Å². The summed E-state index contributed by atoms with van der Waals surface area (Å²) in [5, 5.41) is 9.93. The molecule has 1 N–H and O–H groups in total. The average molecular weight is 293 g/mol. The molecule has 1 rings (SSSR count). The molecule has 0 aliphatic heterocycles. The molecule has 15 heavy (non-hydrogen) atoms. The molecule has 0 radical (unpaired) electrons. The number of hydrogen-bond donors (Lipinski definition) is 1. The maximum Gasteiger partial charge on any atom is 0.0883 e. The maximum atomic E-state index is 9.93. The molecule has 1 atom stereocenters. The van der Waals surface area contributed by atoms with E-state index in [0.29, 0.717) is 0 Å². The Kier molecular flexibility index (Phi) is 4.77. The fourth-order valence-electron chi connectivity index (χ4n) is 1.24. The summed E-state index contributed by atoms with van der Waals surface area (Å²) in [6, 6.07) is 3.92. The number of ether oxygens (including phenoxy) is 1. The van der Waals surface area contributed by atoms with Gasteiger partial charge in [0, 0.05) is 12.0 Å². The van der Waals surface area contributed by atoms with Crippen LogP contribution < -0.4 is 0 Å². The Morgan fingerprint density at radius 3 is 2.67 bits per heavy atom. The second-order valence-electron chi connectivity index (χ2n) is 4.16. The molecule has 0 aromatic carbocycles. The summed E-state index contributed by atoms with van der Waals surface area (Å²) in [5.41, 5.74) is -0.157. The van der Waals surface area contributed by atoms with Gasteiger partial charge >= 0.3 is 0 Å². The van der Waals surface area contributed by atoms with Crippen molar-refractivity contribution in [2.24, 2.45) is 0 Å². The van der Waals surface area contributed by atoms with Gasteiger partial charge in [0.15, 0.2) is 0 Å². The van der Waals surface area contributed by atoms with Gasteiger partial charge < -0.3 is 9.84 Å². The van der Waals surface area contributed by atoms with E-state index in [-0.39, 0.29) is 11.7 Å². The fourth-order valence-corrected chi connectivity index (χ4v) is 2.68. The van der Waals surface area contributed by atoms with Crippen LogP contribution >= 0.6 is 27.3 Å². The molecule has 4 heteroatoms. The van der Waals surface area contributed by atoms with E-state index in [1.165, 1.54) is 0 Å². The van der Waals surface area contributed by atoms with Crippen molar-refractivity contribution < 1.29 is 9.84 Å². The molecule has 0 saturated heterocycles. The molecule has 0 fully saturated rings. The van der Waals surface area contributed by atoms with Crippen LogP contribution in [-0.2, 0) is 4.74 Å². The summed E-state index contributed by atoms with van der Waals surface area (Å²) < 4.78 is 6.37. The third-order valence-electron chi connectivity index (χ3n) is 2.49. The van der Waals surface area contributed by atoms with Crippen LogP contribution in [0.5, 0.6) is 0 Å². The Balaban J connectivity index is 2.46. The summed E-state index contributed by atoms with van der Waals surface area (Å²) >= 11 is 4.97. The van der Waals surface area contributed by atoms with Crippen LogP contribution in [0, 0.1) is 0 Å². The van der Waals surface area contributed by atoms with E-state index in [0.717, 1.165) is 21.5 Å². The molecule has 1 aromatic heterocycles. The first-order chi connectivity index (χ1) is 6.94. The maximum absolute atomic E-state index is 9.93. The van der Waals surface area contributed by atoms with Crippen molar-refractivity contribution in [3.8, 4) is 0 Å². The van der Waals surface area contributed by atoms with Gasteiger partial charge in [-0.1, -0.05) is 0 Å². The number of aliphatic hydroxyl groups excluding tert-OH is 1. The average Bonchev–Trinajstić information content (AvgIpc) is 2.61. The minimum atomic E-state index is -0.379. The predicted octanol–water partition coefficient (Wildman–Crippen LogP) is 3.75. The highest BCUT2D eigenvalue weighted by Crippen LogP contribution is 2.31. The zero-order valence-electron chi connectivity index (χ0n) is 9.29. The zero-order chi connectivity index (χ0) is 11.5. The standard InChI is InChI=1S/C11H17BrO2S/c1-11(2,14-3)7-6-8(13)9-4-5-10(12)15-9/h4-5,8,13H,6-7H2,1-3H3. The second kappa shape index (κ2) is 5.43. The quantitative estimate of drug-likeness (QED) is 0.896. The molecule has 1 heterocycles. The third-order valence-corrected chi connectivity index (χ3v) is 4.22. The number of thiophene rings is 1. The summed E-state index contributed by atoms with van der Waals surface area (Å²) in [5.74, 6) is 0. The fraction of sp³-hybridized carbons (Fsp3) is 0.636. The van der Waals surface area contributed by atoms with Crippen molar-refractivity contribution in [3.05, 3.63) is 20.8 Å². The van der Waals surface area contributed by atoms with Gasteiger partial charge in [0.05, 0.1) is 15.5 Å². The molecular weight excluding hydrogens is 276 g/mol. The zero-order valence-corrected chi connectivity index (χ0v) is 11.7. The van der Waals surface area contributed by atoms with Crippen molar-refractivity contribution in [2.75, 3.05) is 7.11 Å². The van der Waals surface area contributed by atoms with Crippen LogP contribution in [0.15, 0.2) is 15.9 Å². The molecule has 0 bridgehead atoms. The monoisotopic (exact) mass is 292 g/mol. The summed E-state index contributed by atoms with van der Waals surface area (Å²) in [4.78, 5) is 1.01. The lowest BCUT2D eigenvalue weighted by molar-refractivity contribution is 0.00310. The van der Waals surface area contributed by atoms with Gasteiger partial charge in [-0.05, 0) is 54.8 Å². The SMILES string of the molecule is COC(C)(C)CCC(O)c1ccc(Br)s1. The van der Waals surface area contributed by atoms with Gasteiger partial charge in [0.2, 0.25) is 0 Å². The largest absolute Gasteiger partial charge is 0.388 e. The Morgan fingerprint density at radius 1 is 1.53 bits per heavy atom. The van der Waals surface area contributed by atoms with Crippen molar-refractivity contribution in [1.29, 1.82) is 0 Å². The summed E-state index contributed by atoms with van der Waals surface area (Å²) in [6.07, 6.45) is 1.20. The molecular formula is C11H17BrO2S. The minimum Gasteiger partial charge on any atom is -0.388 e. The van der Waals surface area contributed by atoms with Crippen molar-refractivity contribution in [2.45, 2.75) is 38.4 Å². The molecule has 0 spiro atoms. The second-order valence-corrected chi connectivity index (χ2v) is 6.65. The van der Waals surface area contributed by atoms with E-state index in [9.17, 15) is 5.11 Å². The van der Waals surface area contributed by atoms with Crippen LogP contribution in [0.2, 0.25) is 0 Å². The molecule has 1 aromatic rings. The van der Waals surface area contributed by atoms with Crippen molar-refractivity contribution in [3.63, 3.8) is 0 Å². The van der Waals surface area contributed by atoms with Crippen LogP contribution in [0.4, 0.5) is 0 Å². The van der Waals surface area contributed by atoms with E-state index in [4.69, 9.17) is 4.74 Å². The minimum absolute atomic E-state index is 0.157. The highest BCUT2D eigenvalue weighted by atomic mass is 79.9. The van der Waals surface area contributed by atoms with Gasteiger partial charge in [-0.15, -0.1) is 11.3 Å². The van der Waals surface area contributed by atoms with Crippen LogP contribution in [0.25, 0.3) is 0 Å². The number of rotatable bonds is 5. The first-order valence-corrected chi connectivity index (χ1v) is 6.54. The number of halogens is 1. The molecule has 0 aliphatic carbocycles. The first kappa shape index (κ1) is 13.2. The van der Waals surface area contributed by atoms with E-state index < -0.39 is 0 Å². The molecule has 86 valence electrons. The van der Waals surface area contributed by atoms with E-state index in [2.05, 4.69) is 15.9 Å². The van der Waals surface area contributed by atoms with E-state index >= 15 is 0 Å². The highest BCUT2D eigenvalue weighted by Gasteiger charge is 2.19.